The van der Waals surface area contributed by atoms with Gasteiger partial charge in [-0.2, -0.15) is 0 Å². The maximum Gasteiger partial charge on any atom is 0.221 e. The van der Waals surface area contributed by atoms with Gasteiger partial charge in [0.2, 0.25) is 5.88 Å². The largest absolute Gasteiger partial charge is 0.481 e. The first-order valence-corrected chi connectivity index (χ1v) is 7.47. The van der Waals surface area contributed by atoms with Crippen molar-refractivity contribution in [2.24, 2.45) is 0 Å². The van der Waals surface area contributed by atoms with Gasteiger partial charge in [-0.05, 0) is 62.2 Å². The Morgan fingerprint density at radius 2 is 1.95 bits per heavy atom. The third kappa shape index (κ3) is 2.66. The molecule has 110 valence electrons. The molecule has 1 aliphatic carbocycles. The molecular formula is C18H22N2O. The van der Waals surface area contributed by atoms with Gasteiger partial charge in [-0.15, -0.1) is 0 Å². The summed E-state index contributed by atoms with van der Waals surface area (Å²) in [6.07, 6.45) is 5.23. The monoisotopic (exact) mass is 282 g/mol. The molecule has 0 spiro atoms. The van der Waals surface area contributed by atoms with Gasteiger partial charge < -0.3 is 9.64 Å². The van der Waals surface area contributed by atoms with Gasteiger partial charge in [0.1, 0.15) is 0 Å². The molecule has 3 rings (SSSR count). The minimum Gasteiger partial charge on any atom is -0.481 e. The van der Waals surface area contributed by atoms with Crippen LogP contribution >= 0.6 is 0 Å². The lowest BCUT2D eigenvalue weighted by Crippen LogP contribution is -2.33. The van der Waals surface area contributed by atoms with Crippen LogP contribution in [0.25, 0.3) is 11.1 Å². The third-order valence-corrected chi connectivity index (χ3v) is 4.44. The molecule has 0 radical (unpaired) electrons. The summed E-state index contributed by atoms with van der Waals surface area (Å²) in [5.41, 5.74) is 5.29. The first-order chi connectivity index (χ1) is 10.2. The van der Waals surface area contributed by atoms with Crippen LogP contribution in [0.4, 0.5) is 0 Å². The molecule has 1 aromatic carbocycles. The van der Waals surface area contributed by atoms with Gasteiger partial charge in [0, 0.05) is 17.8 Å². The average molecular weight is 282 g/mol. The van der Waals surface area contributed by atoms with Crippen LogP contribution in [-0.4, -0.2) is 37.1 Å². The van der Waals surface area contributed by atoms with Gasteiger partial charge in [0.25, 0.3) is 0 Å². The van der Waals surface area contributed by atoms with E-state index in [9.17, 15) is 0 Å². The van der Waals surface area contributed by atoms with Gasteiger partial charge in [-0.1, -0.05) is 18.2 Å². The fraction of sp³-hybridized carbons (Fsp3) is 0.389. The first kappa shape index (κ1) is 14.1. The molecule has 0 saturated heterocycles. The van der Waals surface area contributed by atoms with Crippen molar-refractivity contribution in [3.63, 3.8) is 0 Å². The van der Waals surface area contributed by atoms with Gasteiger partial charge in [-0.3, -0.25) is 0 Å². The average Bonchev–Trinajstić information content (AvgIpc) is 2.53. The summed E-state index contributed by atoms with van der Waals surface area (Å²) in [5.74, 6) is 0.709. The molecule has 0 saturated carbocycles. The molecule has 3 heteroatoms. The van der Waals surface area contributed by atoms with Crippen molar-refractivity contribution in [1.29, 1.82) is 0 Å². The fourth-order valence-corrected chi connectivity index (χ4v) is 3.24. The maximum atomic E-state index is 5.43. The number of hydrogen-bond acceptors (Lipinski definition) is 3. The Hall–Kier alpha value is -1.87. The Kier molecular flexibility index (Phi) is 3.93. The second-order valence-electron chi connectivity index (χ2n) is 5.86. The summed E-state index contributed by atoms with van der Waals surface area (Å²) in [6.45, 7) is 0. The van der Waals surface area contributed by atoms with Crippen molar-refractivity contribution in [1.82, 2.24) is 9.88 Å². The second-order valence-corrected chi connectivity index (χ2v) is 5.86. The minimum atomic E-state index is 0.642. The van der Waals surface area contributed by atoms with Crippen molar-refractivity contribution in [3.05, 3.63) is 47.7 Å². The third-order valence-electron chi connectivity index (χ3n) is 4.44. The highest BCUT2D eigenvalue weighted by Gasteiger charge is 2.23. The maximum absolute atomic E-state index is 5.43. The number of aromatic nitrogens is 1. The molecule has 2 aromatic rings. The van der Waals surface area contributed by atoms with Crippen LogP contribution < -0.4 is 4.74 Å². The Labute approximate surface area is 126 Å². The van der Waals surface area contributed by atoms with Crippen LogP contribution in [0, 0.1) is 0 Å². The highest BCUT2D eigenvalue weighted by atomic mass is 16.5. The predicted molar refractivity (Wildman–Crippen MR) is 85.7 cm³/mol. The number of ether oxygens (including phenoxy) is 1. The Bertz CT molecular complexity index is 637. The zero-order valence-electron chi connectivity index (χ0n) is 13.0. The zero-order chi connectivity index (χ0) is 14.8. The highest BCUT2D eigenvalue weighted by molar-refractivity contribution is 5.73. The summed E-state index contributed by atoms with van der Waals surface area (Å²) in [6, 6.07) is 11.3. The molecule has 3 nitrogen and oxygen atoms in total. The lowest BCUT2D eigenvalue weighted by molar-refractivity contribution is 0.268. The number of rotatable bonds is 3. The molecule has 1 aromatic heterocycles. The highest BCUT2D eigenvalue weighted by Crippen LogP contribution is 2.35. The Balaban J connectivity index is 2.04. The molecule has 1 heterocycles. The number of methoxy groups -OCH3 is 1. The van der Waals surface area contributed by atoms with E-state index in [2.05, 4.69) is 48.2 Å². The molecule has 1 atom stereocenters. The van der Waals surface area contributed by atoms with Crippen molar-refractivity contribution in [2.75, 3.05) is 21.2 Å². The first-order valence-electron chi connectivity index (χ1n) is 7.47. The quantitative estimate of drug-likeness (QED) is 0.864. The van der Waals surface area contributed by atoms with Crippen LogP contribution in [0.3, 0.4) is 0 Å². The van der Waals surface area contributed by atoms with E-state index in [1.54, 1.807) is 13.3 Å². The lowest BCUT2D eigenvalue weighted by atomic mass is 9.83. The molecule has 1 aliphatic rings. The predicted octanol–water partition coefficient (Wildman–Crippen LogP) is 3.18. The Morgan fingerprint density at radius 3 is 2.71 bits per heavy atom. The number of benzene rings is 1. The number of fused-ring (bicyclic) bond motifs is 1. The summed E-state index contributed by atoms with van der Waals surface area (Å²) in [7, 11) is 6.02. The van der Waals surface area contributed by atoms with E-state index < -0.39 is 0 Å². The van der Waals surface area contributed by atoms with E-state index in [0.29, 0.717) is 11.9 Å². The molecule has 1 unspecified atom stereocenters. The summed E-state index contributed by atoms with van der Waals surface area (Å²) in [4.78, 5) is 6.67. The number of pyridine rings is 1. The van der Waals surface area contributed by atoms with E-state index in [1.165, 1.54) is 23.1 Å². The standard InChI is InChI=1S/C18H22N2O/c1-20(2)14-9-10-15-13(12-14)6-4-7-16(15)17-8-5-11-19-18(17)21-3/h4-8,11,14H,9-10,12H2,1-3H3. The van der Waals surface area contributed by atoms with Crippen LogP contribution in [0.2, 0.25) is 0 Å². The smallest absolute Gasteiger partial charge is 0.221 e. The summed E-state index contributed by atoms with van der Waals surface area (Å²) in [5, 5.41) is 0. The molecule has 0 bridgehead atoms. The van der Waals surface area contributed by atoms with Crippen molar-refractivity contribution >= 4 is 0 Å². The van der Waals surface area contributed by atoms with Crippen LogP contribution in [-0.2, 0) is 12.8 Å². The van der Waals surface area contributed by atoms with Crippen molar-refractivity contribution in [3.8, 4) is 17.0 Å². The van der Waals surface area contributed by atoms with E-state index in [-0.39, 0.29) is 0 Å². The Morgan fingerprint density at radius 1 is 1.14 bits per heavy atom. The normalized spacial score (nSPS) is 17.6. The van der Waals surface area contributed by atoms with E-state index in [1.807, 2.05) is 6.07 Å². The van der Waals surface area contributed by atoms with E-state index in [4.69, 9.17) is 4.74 Å². The number of nitrogens with zero attached hydrogens (tertiary/aromatic N) is 2. The topological polar surface area (TPSA) is 25.4 Å². The van der Waals surface area contributed by atoms with Crippen molar-refractivity contribution < 1.29 is 4.74 Å². The molecule has 0 amide bonds. The second kappa shape index (κ2) is 5.86. The molecule has 0 aliphatic heterocycles. The van der Waals surface area contributed by atoms with Gasteiger partial charge in [0.05, 0.1) is 7.11 Å². The van der Waals surface area contributed by atoms with Crippen molar-refractivity contribution in [2.45, 2.75) is 25.3 Å². The molecule has 0 fully saturated rings. The summed E-state index contributed by atoms with van der Waals surface area (Å²) < 4.78 is 5.43. The minimum absolute atomic E-state index is 0.642. The van der Waals surface area contributed by atoms with Gasteiger partial charge >= 0.3 is 0 Å². The zero-order valence-corrected chi connectivity index (χ0v) is 13.0. The van der Waals surface area contributed by atoms with Gasteiger partial charge in [-0.25, -0.2) is 4.98 Å². The molecular weight excluding hydrogens is 260 g/mol. The van der Waals surface area contributed by atoms with Crippen LogP contribution in [0.15, 0.2) is 36.5 Å². The fourth-order valence-electron chi connectivity index (χ4n) is 3.24. The van der Waals surface area contributed by atoms with E-state index in [0.717, 1.165) is 18.4 Å². The molecule has 0 N–H and O–H groups in total. The molecule has 21 heavy (non-hydrogen) atoms. The van der Waals surface area contributed by atoms with Crippen LogP contribution in [0.5, 0.6) is 5.88 Å². The summed E-state index contributed by atoms with van der Waals surface area (Å²) >= 11 is 0. The number of likely N-dealkylation sites (N-methyl/N-ethyl adjacent to an activating group) is 1. The SMILES string of the molecule is COc1ncccc1-c1cccc2c1CCC(N(C)C)C2. The lowest BCUT2D eigenvalue weighted by Gasteiger charge is -2.31. The number of hydrogen-bond donors (Lipinski definition) is 0. The van der Waals surface area contributed by atoms with Gasteiger partial charge in [0.15, 0.2) is 0 Å². The van der Waals surface area contributed by atoms with Crippen LogP contribution in [0.1, 0.15) is 17.5 Å². The van der Waals surface area contributed by atoms with E-state index >= 15 is 0 Å².